The van der Waals surface area contributed by atoms with E-state index in [1.807, 2.05) is 0 Å². The number of ether oxygens (including phenoxy) is 3. The van der Waals surface area contributed by atoms with E-state index in [9.17, 15) is 22.4 Å². The number of fused-ring (bicyclic) bond motifs is 3. The smallest absolute Gasteiger partial charge is 0.428 e. The van der Waals surface area contributed by atoms with E-state index in [2.05, 4.69) is 0 Å². The summed E-state index contributed by atoms with van der Waals surface area (Å²) in [4.78, 5) is 25.3. The van der Waals surface area contributed by atoms with Crippen molar-refractivity contribution in [2.75, 3.05) is 31.7 Å². The Morgan fingerprint density at radius 3 is 2.69 bits per heavy atom. The molecule has 9 nitrogen and oxygen atoms in total. The number of aliphatic hydroxyl groups excluding tert-OH is 1. The van der Waals surface area contributed by atoms with Crippen LogP contribution in [0.4, 0.5) is 14.9 Å². The molecule has 1 saturated carbocycles. The Hall–Kier alpha value is -3.44. The fourth-order valence-electron chi connectivity index (χ4n) is 4.18. The molecule has 4 rings (SSSR count). The first-order chi connectivity index (χ1) is 16.7. The molecule has 2 unspecified atom stereocenters. The van der Waals surface area contributed by atoms with Gasteiger partial charge in [-0.05, 0) is 54.2 Å². The van der Waals surface area contributed by atoms with Crippen LogP contribution in [0.5, 0.6) is 5.75 Å². The lowest BCUT2D eigenvalue weighted by atomic mass is 10.00. The van der Waals surface area contributed by atoms with Crippen molar-refractivity contribution in [3.63, 3.8) is 0 Å². The lowest BCUT2D eigenvalue weighted by Gasteiger charge is -2.27. The number of benzene rings is 2. The van der Waals surface area contributed by atoms with E-state index < -0.39 is 32.8 Å². The van der Waals surface area contributed by atoms with Gasteiger partial charge in [0.15, 0.2) is 0 Å². The highest BCUT2D eigenvalue weighted by Crippen LogP contribution is 2.55. The molecule has 11 heteroatoms. The van der Waals surface area contributed by atoms with E-state index in [4.69, 9.17) is 19.3 Å². The third kappa shape index (κ3) is 4.48. The van der Waals surface area contributed by atoms with Gasteiger partial charge in [-0.3, -0.25) is 0 Å². The van der Waals surface area contributed by atoms with Crippen LogP contribution < -0.4 is 9.04 Å². The van der Waals surface area contributed by atoms with E-state index >= 15 is 0 Å². The summed E-state index contributed by atoms with van der Waals surface area (Å²) >= 11 is 0. The number of methoxy groups -OCH3 is 2. The van der Waals surface area contributed by atoms with Crippen molar-refractivity contribution in [2.24, 2.45) is 5.92 Å². The monoisotopic (exact) mass is 505 g/mol. The van der Waals surface area contributed by atoms with Crippen molar-refractivity contribution in [2.45, 2.75) is 23.7 Å². The van der Waals surface area contributed by atoms with Crippen LogP contribution in [0.2, 0.25) is 0 Å². The number of hydrogen-bond acceptors (Lipinski definition) is 8. The molecule has 2 aromatic carbocycles. The highest BCUT2D eigenvalue weighted by molar-refractivity contribution is 7.93. The Bertz CT molecular complexity index is 1310. The summed E-state index contributed by atoms with van der Waals surface area (Å²) in [6.45, 7) is 0.162. The average Bonchev–Trinajstić information content (AvgIpc) is 3.63. The van der Waals surface area contributed by atoms with Crippen molar-refractivity contribution in [3.8, 4) is 5.75 Å². The Labute approximate surface area is 201 Å². The lowest BCUT2D eigenvalue weighted by Crippen LogP contribution is -2.38. The molecule has 1 fully saturated rings. The molecule has 2 aromatic rings. The van der Waals surface area contributed by atoms with Crippen LogP contribution in [-0.4, -0.2) is 53.0 Å². The van der Waals surface area contributed by atoms with Gasteiger partial charge in [0.25, 0.3) is 10.0 Å². The highest BCUT2D eigenvalue weighted by atomic mass is 32.2. The van der Waals surface area contributed by atoms with Crippen molar-refractivity contribution in [1.82, 2.24) is 0 Å². The molecular formula is C24H24FNO8S. The highest BCUT2D eigenvalue weighted by Gasteiger charge is 2.47. The minimum Gasteiger partial charge on any atom is -0.492 e. The normalized spacial score (nSPS) is 18.3. The quantitative estimate of drug-likeness (QED) is 0.568. The van der Waals surface area contributed by atoms with Gasteiger partial charge in [-0.15, -0.1) is 0 Å². The summed E-state index contributed by atoms with van der Waals surface area (Å²) in [5.41, 5.74) is 0.156. The SMILES string of the molecule is COC(=O)c1c(N(C(=O)OC)S(=O)(=O)c2ccc(F)cc2C=CCCO)ccc2c1OCC1CC21. The third-order valence-electron chi connectivity index (χ3n) is 5.96. The zero-order valence-electron chi connectivity index (χ0n) is 19.1. The first kappa shape index (κ1) is 24.7. The third-order valence-corrected chi connectivity index (χ3v) is 7.72. The van der Waals surface area contributed by atoms with Gasteiger partial charge in [0.2, 0.25) is 0 Å². The Morgan fingerprint density at radius 1 is 1.23 bits per heavy atom. The zero-order chi connectivity index (χ0) is 25.3. The fourth-order valence-corrected chi connectivity index (χ4v) is 5.73. The molecule has 2 atom stereocenters. The van der Waals surface area contributed by atoms with Crippen LogP contribution in [0.25, 0.3) is 6.08 Å². The minimum atomic E-state index is -4.73. The molecule has 186 valence electrons. The van der Waals surface area contributed by atoms with Gasteiger partial charge in [0.1, 0.15) is 17.1 Å². The standard InChI is InChI=1S/C24H24FNO8S/c1-32-23(28)21-19(8-7-17-18-12-15(18)13-34-22(17)21)26(24(29)33-2)35(30,31)20-9-6-16(25)11-14(20)5-3-4-10-27/h3,5-9,11,15,18,27H,4,10,12-13H2,1-2H3. The summed E-state index contributed by atoms with van der Waals surface area (Å²) in [5.74, 6) is -0.915. The number of carbonyl (C=O) groups is 2. The molecule has 1 aliphatic heterocycles. The number of halogens is 1. The number of amides is 1. The van der Waals surface area contributed by atoms with Crippen molar-refractivity contribution in [3.05, 3.63) is 58.9 Å². The molecule has 0 radical (unpaired) electrons. The maximum atomic E-state index is 14.0. The minimum absolute atomic E-state index is 0.0537. The van der Waals surface area contributed by atoms with Crippen LogP contribution in [0.3, 0.4) is 0 Å². The van der Waals surface area contributed by atoms with Gasteiger partial charge < -0.3 is 19.3 Å². The predicted octanol–water partition coefficient (Wildman–Crippen LogP) is 3.47. The van der Waals surface area contributed by atoms with Gasteiger partial charge >= 0.3 is 12.1 Å². The van der Waals surface area contributed by atoms with Crippen LogP contribution in [0.15, 0.2) is 41.3 Å². The van der Waals surface area contributed by atoms with Crippen molar-refractivity contribution < 1.29 is 41.7 Å². The van der Waals surface area contributed by atoms with E-state index in [0.717, 1.165) is 44.4 Å². The first-order valence-corrected chi connectivity index (χ1v) is 12.3. The topological polar surface area (TPSA) is 119 Å². The second-order valence-corrected chi connectivity index (χ2v) is 9.87. The van der Waals surface area contributed by atoms with Crippen LogP contribution in [-0.2, 0) is 19.5 Å². The van der Waals surface area contributed by atoms with Gasteiger partial charge in [0.05, 0.1) is 31.4 Å². The Kier molecular flexibility index (Phi) is 6.82. The van der Waals surface area contributed by atoms with Crippen LogP contribution >= 0.6 is 0 Å². The van der Waals surface area contributed by atoms with Crippen LogP contribution in [0.1, 0.15) is 40.2 Å². The largest absolute Gasteiger partial charge is 0.492 e. The first-order valence-electron chi connectivity index (χ1n) is 10.8. The lowest BCUT2D eigenvalue weighted by molar-refractivity contribution is 0.0596. The molecule has 0 spiro atoms. The molecule has 2 aliphatic rings. The number of carbonyl (C=O) groups excluding carboxylic acids is 2. The van der Waals surface area contributed by atoms with E-state index in [1.54, 1.807) is 6.07 Å². The number of anilines is 1. The molecule has 1 amide bonds. The van der Waals surface area contributed by atoms with E-state index in [-0.39, 0.29) is 41.5 Å². The number of esters is 1. The molecule has 0 saturated heterocycles. The molecule has 0 bridgehead atoms. The summed E-state index contributed by atoms with van der Waals surface area (Å²) in [6.07, 6.45) is 2.59. The van der Waals surface area contributed by atoms with Crippen molar-refractivity contribution >= 4 is 33.8 Å². The maximum absolute atomic E-state index is 14.0. The van der Waals surface area contributed by atoms with Gasteiger partial charge in [-0.2, -0.15) is 4.31 Å². The summed E-state index contributed by atoms with van der Waals surface area (Å²) in [6, 6.07) is 5.91. The van der Waals surface area contributed by atoms with E-state index in [1.165, 1.54) is 18.2 Å². The molecule has 35 heavy (non-hydrogen) atoms. The summed E-state index contributed by atoms with van der Waals surface area (Å²) < 4.78 is 57.4. The number of hydrogen-bond donors (Lipinski definition) is 1. The Balaban J connectivity index is 1.92. The molecule has 1 N–H and O–H groups in total. The molecule has 1 heterocycles. The van der Waals surface area contributed by atoms with Gasteiger partial charge in [0, 0.05) is 12.5 Å². The number of aliphatic hydroxyl groups is 1. The average molecular weight is 506 g/mol. The number of nitrogens with zero attached hydrogens (tertiary/aromatic N) is 1. The number of rotatable bonds is 7. The van der Waals surface area contributed by atoms with Gasteiger partial charge in [-0.25, -0.2) is 22.4 Å². The molecular weight excluding hydrogens is 481 g/mol. The summed E-state index contributed by atoms with van der Waals surface area (Å²) in [7, 11) is -2.60. The maximum Gasteiger partial charge on any atom is 0.428 e. The van der Waals surface area contributed by atoms with Crippen LogP contribution in [0, 0.1) is 11.7 Å². The predicted molar refractivity (Wildman–Crippen MR) is 123 cm³/mol. The Morgan fingerprint density at radius 2 is 2.00 bits per heavy atom. The van der Waals surface area contributed by atoms with Gasteiger partial charge in [-0.1, -0.05) is 18.2 Å². The second kappa shape index (κ2) is 9.67. The molecule has 0 aromatic heterocycles. The van der Waals surface area contributed by atoms with Crippen molar-refractivity contribution in [1.29, 1.82) is 0 Å². The summed E-state index contributed by atoms with van der Waals surface area (Å²) in [5, 5.41) is 9.03. The molecule has 1 aliphatic carbocycles. The number of sulfonamides is 1. The fraction of sp³-hybridized carbons (Fsp3) is 0.333. The second-order valence-electron chi connectivity index (χ2n) is 8.12. The zero-order valence-corrected chi connectivity index (χ0v) is 19.9. The van der Waals surface area contributed by atoms with E-state index in [0.29, 0.717) is 16.8 Å².